The predicted octanol–water partition coefficient (Wildman–Crippen LogP) is 4.76. The van der Waals surface area contributed by atoms with Gasteiger partial charge in [-0.3, -0.25) is 0 Å². The summed E-state index contributed by atoms with van der Waals surface area (Å²) in [6.07, 6.45) is 14.0. The number of para-hydroxylation sites is 1. The van der Waals surface area contributed by atoms with Crippen molar-refractivity contribution in [1.82, 2.24) is 0 Å². The first-order chi connectivity index (χ1) is 14.3. The highest BCUT2D eigenvalue weighted by Crippen LogP contribution is 2.29. The van der Waals surface area contributed by atoms with Gasteiger partial charge >= 0.3 is 5.97 Å². The van der Waals surface area contributed by atoms with Crippen LogP contribution in [0.3, 0.4) is 0 Å². The highest BCUT2D eigenvalue weighted by atomic mass is 16.7. The van der Waals surface area contributed by atoms with Crippen molar-refractivity contribution in [2.45, 2.75) is 50.7 Å². The molecule has 0 aromatic heterocycles. The maximum absolute atomic E-state index is 12.4. The van der Waals surface area contributed by atoms with Crippen LogP contribution in [0.5, 0.6) is 0 Å². The number of allylic oxidation sites excluding steroid dienone is 4. The molecule has 1 aromatic rings. The van der Waals surface area contributed by atoms with Gasteiger partial charge in [0, 0.05) is 0 Å². The Hall–Kier alpha value is -2.40. The van der Waals surface area contributed by atoms with Gasteiger partial charge in [-0.05, 0) is 62.5 Å². The Balaban J connectivity index is 1.34. The predicted molar refractivity (Wildman–Crippen MR) is 112 cm³/mol. The van der Waals surface area contributed by atoms with Crippen LogP contribution in [0.4, 0.5) is 5.69 Å². The summed E-state index contributed by atoms with van der Waals surface area (Å²) in [5, 5.41) is 0. The molecule has 0 N–H and O–H groups in total. The molecule has 29 heavy (non-hydrogen) atoms. The molecule has 154 valence electrons. The maximum Gasteiger partial charge on any atom is 0.338 e. The number of nitrogens with zero attached hydrogens (tertiary/aromatic N) is 1. The zero-order chi connectivity index (χ0) is 19.9. The molecule has 5 heteroatoms. The van der Waals surface area contributed by atoms with Gasteiger partial charge in [0.15, 0.2) is 12.2 Å². The van der Waals surface area contributed by atoms with Crippen LogP contribution in [0.2, 0.25) is 0 Å². The third-order valence-electron chi connectivity index (χ3n) is 5.65. The minimum absolute atomic E-state index is 0.311. The molecule has 0 amide bonds. The average molecular weight is 395 g/mol. The largest absolute Gasteiger partial charge is 0.478 e. The lowest BCUT2D eigenvalue weighted by Gasteiger charge is -2.18. The van der Waals surface area contributed by atoms with Gasteiger partial charge in [-0.1, -0.05) is 42.5 Å². The normalized spacial score (nSPS) is 28.8. The fourth-order valence-electron chi connectivity index (χ4n) is 3.79. The molecular formula is C24H29NO4. The van der Waals surface area contributed by atoms with Crippen LogP contribution >= 0.6 is 0 Å². The minimum Gasteiger partial charge on any atom is -0.478 e. The molecule has 1 aromatic carbocycles. The van der Waals surface area contributed by atoms with Crippen molar-refractivity contribution in [3.05, 3.63) is 54.6 Å². The third kappa shape index (κ3) is 5.80. The molecular weight excluding hydrogens is 366 g/mol. The molecule has 0 spiro atoms. The molecule has 0 bridgehead atoms. The highest BCUT2D eigenvalue weighted by Gasteiger charge is 2.51. The van der Waals surface area contributed by atoms with Crippen LogP contribution in [-0.4, -0.2) is 37.3 Å². The molecule has 4 atom stereocenters. The van der Waals surface area contributed by atoms with Gasteiger partial charge in [0.05, 0.1) is 18.9 Å². The van der Waals surface area contributed by atoms with Gasteiger partial charge in [0.2, 0.25) is 5.90 Å². The Morgan fingerprint density at radius 2 is 1.55 bits per heavy atom. The lowest BCUT2D eigenvalue weighted by Crippen LogP contribution is -2.24. The Kier molecular flexibility index (Phi) is 6.78. The zero-order valence-corrected chi connectivity index (χ0v) is 16.7. The van der Waals surface area contributed by atoms with E-state index in [4.69, 9.17) is 14.2 Å². The van der Waals surface area contributed by atoms with Gasteiger partial charge < -0.3 is 14.2 Å². The van der Waals surface area contributed by atoms with Crippen molar-refractivity contribution in [2.24, 2.45) is 16.8 Å². The fraction of sp³-hybridized carbons (Fsp3) is 0.500. The minimum atomic E-state index is -0.608. The number of rotatable bonds is 7. The second kappa shape index (κ2) is 9.88. The third-order valence-corrected chi connectivity index (χ3v) is 5.65. The van der Waals surface area contributed by atoms with Crippen molar-refractivity contribution in [3.63, 3.8) is 0 Å². The molecule has 1 saturated heterocycles. The van der Waals surface area contributed by atoms with Crippen LogP contribution in [0, 0.1) is 11.8 Å². The Morgan fingerprint density at radius 1 is 0.897 bits per heavy atom. The molecule has 1 aliphatic heterocycles. The van der Waals surface area contributed by atoms with E-state index >= 15 is 0 Å². The van der Waals surface area contributed by atoms with E-state index < -0.39 is 12.2 Å². The summed E-state index contributed by atoms with van der Waals surface area (Å²) in [6.45, 7) is 1.04. The lowest BCUT2D eigenvalue weighted by molar-refractivity contribution is -0.146. The summed E-state index contributed by atoms with van der Waals surface area (Å²) in [5.41, 5.74) is 0.794. The van der Waals surface area contributed by atoms with Crippen molar-refractivity contribution < 1.29 is 19.0 Å². The summed E-state index contributed by atoms with van der Waals surface area (Å²) in [5.74, 6) is 1.06. The standard InChI is InChI=1S/C24H29NO4/c26-24(28-17-19-12-6-2-7-13-19)22-21(29-22)23(25-20-14-8-3-9-15-20)27-16-18-10-4-1-5-11-18/h1-4,6,8-9,14-15,18-19,21-22H,5,7,10-13,16-17H2. The first-order valence-electron chi connectivity index (χ1n) is 10.7. The molecule has 2 aliphatic carbocycles. The summed E-state index contributed by atoms with van der Waals surface area (Å²) in [4.78, 5) is 17.1. The van der Waals surface area contributed by atoms with Gasteiger partial charge in [-0.2, -0.15) is 0 Å². The summed E-state index contributed by atoms with van der Waals surface area (Å²) in [6, 6.07) is 9.64. The maximum atomic E-state index is 12.4. The van der Waals surface area contributed by atoms with E-state index in [9.17, 15) is 4.79 Å². The van der Waals surface area contributed by atoms with Crippen LogP contribution in [-0.2, 0) is 19.0 Å². The number of aliphatic imine (C=N–C) groups is 1. The van der Waals surface area contributed by atoms with Gasteiger partial charge in [0.25, 0.3) is 0 Å². The molecule has 0 saturated carbocycles. The number of carbonyl (C=O) groups excluding carboxylic acids is 1. The van der Waals surface area contributed by atoms with Crippen molar-refractivity contribution in [2.75, 3.05) is 13.2 Å². The first-order valence-corrected chi connectivity index (χ1v) is 10.7. The molecule has 4 rings (SSSR count). The van der Waals surface area contributed by atoms with Crippen LogP contribution in [0.25, 0.3) is 0 Å². The van der Waals surface area contributed by atoms with E-state index in [1.165, 1.54) is 0 Å². The second-order valence-electron chi connectivity index (χ2n) is 8.00. The molecule has 1 fully saturated rings. The number of ether oxygens (including phenoxy) is 3. The summed E-state index contributed by atoms with van der Waals surface area (Å²) < 4.78 is 17.2. The Labute approximate surface area is 172 Å². The van der Waals surface area contributed by atoms with Gasteiger partial charge in [-0.25, -0.2) is 9.79 Å². The van der Waals surface area contributed by atoms with E-state index in [0.717, 1.165) is 44.2 Å². The van der Waals surface area contributed by atoms with E-state index in [-0.39, 0.29) is 5.97 Å². The highest BCUT2D eigenvalue weighted by molar-refractivity contribution is 5.94. The molecule has 0 radical (unpaired) electrons. The number of epoxide rings is 1. The van der Waals surface area contributed by atoms with E-state index in [1.54, 1.807) is 0 Å². The quantitative estimate of drug-likeness (QED) is 0.220. The number of esters is 1. The van der Waals surface area contributed by atoms with Crippen molar-refractivity contribution in [3.8, 4) is 0 Å². The van der Waals surface area contributed by atoms with Crippen molar-refractivity contribution in [1.29, 1.82) is 0 Å². The number of hydrogen-bond donors (Lipinski definition) is 0. The van der Waals surface area contributed by atoms with Crippen LogP contribution in [0.1, 0.15) is 38.5 Å². The van der Waals surface area contributed by atoms with Gasteiger partial charge in [-0.15, -0.1) is 0 Å². The zero-order valence-electron chi connectivity index (χ0n) is 16.7. The van der Waals surface area contributed by atoms with E-state index in [0.29, 0.717) is 30.9 Å². The first kappa shape index (κ1) is 19.9. The molecule has 1 heterocycles. The fourth-order valence-corrected chi connectivity index (χ4v) is 3.79. The lowest BCUT2D eigenvalue weighted by atomic mass is 9.95. The second-order valence-corrected chi connectivity index (χ2v) is 8.00. The number of hydrogen-bond acceptors (Lipinski definition) is 5. The van der Waals surface area contributed by atoms with Crippen LogP contribution < -0.4 is 0 Å². The Morgan fingerprint density at radius 3 is 2.17 bits per heavy atom. The molecule has 3 aliphatic rings. The smallest absolute Gasteiger partial charge is 0.338 e. The number of benzene rings is 1. The Bertz CT molecular complexity index is 770. The topological polar surface area (TPSA) is 60.4 Å². The van der Waals surface area contributed by atoms with E-state index in [1.807, 2.05) is 30.3 Å². The molecule has 5 nitrogen and oxygen atoms in total. The summed E-state index contributed by atoms with van der Waals surface area (Å²) >= 11 is 0. The van der Waals surface area contributed by atoms with E-state index in [2.05, 4.69) is 29.3 Å². The van der Waals surface area contributed by atoms with Gasteiger partial charge in [0.1, 0.15) is 0 Å². The molecule has 4 unspecified atom stereocenters. The SMILES string of the molecule is O=C(OCC1CC=CCC1)C1OC1C(=Nc1ccccc1)OCC1CC=CCC1. The van der Waals surface area contributed by atoms with Crippen molar-refractivity contribution >= 4 is 17.6 Å². The average Bonchev–Trinajstić information content (AvgIpc) is 3.58. The van der Waals surface area contributed by atoms with Crippen LogP contribution in [0.15, 0.2) is 59.6 Å². The monoisotopic (exact) mass is 395 g/mol. The number of carbonyl (C=O) groups is 1. The summed E-state index contributed by atoms with van der Waals surface area (Å²) in [7, 11) is 0.